The van der Waals surface area contributed by atoms with Crippen molar-refractivity contribution >= 4 is 0 Å². The summed E-state index contributed by atoms with van der Waals surface area (Å²) in [6.07, 6.45) is 3.55. The Morgan fingerprint density at radius 2 is 1.90 bits per heavy atom. The summed E-state index contributed by atoms with van der Waals surface area (Å²) in [6, 6.07) is 17.3. The molecule has 3 rings (SSSR count). The monoisotopic (exact) mass is 281 g/mol. The Hall–Kier alpha value is -1.80. The number of hydrogen-bond donors (Lipinski definition) is 0. The van der Waals surface area contributed by atoms with E-state index < -0.39 is 0 Å². The van der Waals surface area contributed by atoms with E-state index in [9.17, 15) is 0 Å². The van der Waals surface area contributed by atoms with Crippen molar-refractivity contribution in [1.82, 2.24) is 4.90 Å². The summed E-state index contributed by atoms with van der Waals surface area (Å²) >= 11 is 0. The fraction of sp³-hybridized carbons (Fsp3) is 0.368. The first-order chi connectivity index (χ1) is 10.3. The van der Waals surface area contributed by atoms with E-state index in [1.165, 1.54) is 42.6 Å². The van der Waals surface area contributed by atoms with Crippen molar-refractivity contribution < 1.29 is 4.74 Å². The molecule has 0 atom stereocenters. The highest BCUT2D eigenvalue weighted by Gasteiger charge is 2.16. The van der Waals surface area contributed by atoms with Crippen molar-refractivity contribution in [2.24, 2.45) is 0 Å². The fourth-order valence-corrected chi connectivity index (χ4v) is 3.06. The van der Waals surface area contributed by atoms with Crippen LogP contribution in [0.4, 0.5) is 0 Å². The number of hydrogen-bond acceptors (Lipinski definition) is 2. The maximum Gasteiger partial charge on any atom is 0.119 e. The van der Waals surface area contributed by atoms with Crippen molar-refractivity contribution in [3.63, 3.8) is 0 Å². The average Bonchev–Trinajstić information content (AvgIpc) is 2.55. The SMILES string of the molecule is COc1ccc2c(c1)CN(CCCc1ccccc1)CC2. The van der Waals surface area contributed by atoms with E-state index in [2.05, 4.69) is 53.4 Å². The van der Waals surface area contributed by atoms with Gasteiger partial charge in [-0.3, -0.25) is 4.90 Å². The Kier molecular flexibility index (Phi) is 4.56. The van der Waals surface area contributed by atoms with Crippen LogP contribution in [-0.4, -0.2) is 25.1 Å². The number of rotatable bonds is 5. The molecule has 1 aliphatic heterocycles. The van der Waals surface area contributed by atoms with Crippen LogP contribution < -0.4 is 4.74 Å². The lowest BCUT2D eigenvalue weighted by Crippen LogP contribution is -2.31. The van der Waals surface area contributed by atoms with Gasteiger partial charge >= 0.3 is 0 Å². The highest BCUT2D eigenvalue weighted by Crippen LogP contribution is 2.23. The molecule has 0 radical (unpaired) electrons. The molecule has 0 N–H and O–H groups in total. The van der Waals surface area contributed by atoms with Gasteiger partial charge in [-0.1, -0.05) is 36.4 Å². The Balaban J connectivity index is 1.54. The van der Waals surface area contributed by atoms with E-state index in [4.69, 9.17) is 4.74 Å². The van der Waals surface area contributed by atoms with Crippen molar-refractivity contribution in [1.29, 1.82) is 0 Å². The number of benzene rings is 2. The summed E-state index contributed by atoms with van der Waals surface area (Å²) in [7, 11) is 1.74. The molecular formula is C19H23NO. The van der Waals surface area contributed by atoms with Crippen LogP contribution in [0.25, 0.3) is 0 Å². The Morgan fingerprint density at radius 3 is 2.71 bits per heavy atom. The van der Waals surface area contributed by atoms with E-state index >= 15 is 0 Å². The molecule has 0 unspecified atom stereocenters. The highest BCUT2D eigenvalue weighted by atomic mass is 16.5. The van der Waals surface area contributed by atoms with Crippen molar-refractivity contribution in [2.75, 3.05) is 20.2 Å². The minimum atomic E-state index is 0.972. The standard InChI is InChI=1S/C19H23NO/c1-21-19-10-9-17-11-13-20(15-18(17)14-19)12-5-8-16-6-3-2-4-7-16/h2-4,6-7,9-10,14H,5,8,11-13,15H2,1H3. The molecule has 21 heavy (non-hydrogen) atoms. The number of nitrogens with zero attached hydrogens (tertiary/aromatic N) is 1. The first kappa shape index (κ1) is 14.2. The first-order valence-electron chi connectivity index (χ1n) is 7.77. The van der Waals surface area contributed by atoms with Gasteiger partial charge in [-0.2, -0.15) is 0 Å². The lowest BCUT2D eigenvalue weighted by Gasteiger charge is -2.29. The largest absolute Gasteiger partial charge is 0.497 e. The van der Waals surface area contributed by atoms with Gasteiger partial charge in [-0.05, 0) is 54.6 Å². The van der Waals surface area contributed by atoms with E-state index in [0.717, 1.165) is 18.7 Å². The topological polar surface area (TPSA) is 12.5 Å². The van der Waals surface area contributed by atoms with Crippen LogP contribution >= 0.6 is 0 Å². The minimum absolute atomic E-state index is 0.972. The molecule has 2 aromatic rings. The molecule has 110 valence electrons. The second-order valence-electron chi connectivity index (χ2n) is 5.75. The van der Waals surface area contributed by atoms with Gasteiger partial charge in [0.25, 0.3) is 0 Å². The summed E-state index contributed by atoms with van der Waals surface area (Å²) in [4.78, 5) is 2.56. The zero-order chi connectivity index (χ0) is 14.5. The Bertz CT molecular complexity index is 579. The maximum absolute atomic E-state index is 5.34. The predicted octanol–water partition coefficient (Wildman–Crippen LogP) is 3.69. The smallest absolute Gasteiger partial charge is 0.119 e. The van der Waals surface area contributed by atoms with Gasteiger partial charge in [-0.15, -0.1) is 0 Å². The summed E-state index contributed by atoms with van der Waals surface area (Å²) < 4.78 is 5.34. The van der Waals surface area contributed by atoms with Crippen LogP contribution in [0.1, 0.15) is 23.1 Å². The lowest BCUT2D eigenvalue weighted by molar-refractivity contribution is 0.250. The fourth-order valence-electron chi connectivity index (χ4n) is 3.06. The Morgan fingerprint density at radius 1 is 1.05 bits per heavy atom. The quantitative estimate of drug-likeness (QED) is 0.829. The van der Waals surface area contributed by atoms with Crippen LogP contribution in [0.5, 0.6) is 5.75 Å². The van der Waals surface area contributed by atoms with Crippen LogP contribution in [0.15, 0.2) is 48.5 Å². The van der Waals surface area contributed by atoms with Gasteiger partial charge in [0.05, 0.1) is 7.11 Å². The van der Waals surface area contributed by atoms with Crippen LogP contribution in [0.2, 0.25) is 0 Å². The molecular weight excluding hydrogens is 258 g/mol. The number of ether oxygens (including phenoxy) is 1. The third-order valence-corrected chi connectivity index (χ3v) is 4.29. The molecule has 0 spiro atoms. The van der Waals surface area contributed by atoms with E-state index in [1.54, 1.807) is 7.11 Å². The van der Waals surface area contributed by atoms with Crippen LogP contribution in [0.3, 0.4) is 0 Å². The molecule has 2 aromatic carbocycles. The lowest BCUT2D eigenvalue weighted by atomic mass is 9.99. The van der Waals surface area contributed by atoms with Crippen LogP contribution in [-0.2, 0) is 19.4 Å². The summed E-state index contributed by atoms with van der Waals surface area (Å²) in [6.45, 7) is 3.40. The zero-order valence-electron chi connectivity index (χ0n) is 12.7. The number of fused-ring (bicyclic) bond motifs is 1. The summed E-state index contributed by atoms with van der Waals surface area (Å²) in [5, 5.41) is 0. The van der Waals surface area contributed by atoms with E-state index in [0.29, 0.717) is 0 Å². The van der Waals surface area contributed by atoms with Crippen molar-refractivity contribution in [3.05, 3.63) is 65.2 Å². The molecule has 1 aliphatic rings. The van der Waals surface area contributed by atoms with Gasteiger partial charge in [0, 0.05) is 13.1 Å². The molecule has 0 aliphatic carbocycles. The average molecular weight is 281 g/mol. The third kappa shape index (κ3) is 3.64. The number of aryl methyl sites for hydroxylation is 1. The van der Waals surface area contributed by atoms with Crippen molar-refractivity contribution in [3.8, 4) is 5.75 Å². The van der Waals surface area contributed by atoms with E-state index in [-0.39, 0.29) is 0 Å². The molecule has 0 bridgehead atoms. The predicted molar refractivity (Wildman–Crippen MR) is 86.7 cm³/mol. The molecule has 2 heteroatoms. The van der Waals surface area contributed by atoms with Gasteiger partial charge < -0.3 is 4.74 Å². The zero-order valence-corrected chi connectivity index (χ0v) is 12.7. The van der Waals surface area contributed by atoms with Crippen LogP contribution in [0, 0.1) is 0 Å². The van der Waals surface area contributed by atoms with Gasteiger partial charge in [0.2, 0.25) is 0 Å². The Labute approximate surface area is 127 Å². The van der Waals surface area contributed by atoms with Gasteiger partial charge in [0.1, 0.15) is 5.75 Å². The maximum atomic E-state index is 5.34. The summed E-state index contributed by atoms with van der Waals surface area (Å²) in [5.41, 5.74) is 4.35. The highest BCUT2D eigenvalue weighted by molar-refractivity contribution is 5.37. The number of methoxy groups -OCH3 is 1. The molecule has 0 amide bonds. The molecule has 0 aromatic heterocycles. The van der Waals surface area contributed by atoms with Crippen molar-refractivity contribution in [2.45, 2.75) is 25.8 Å². The first-order valence-corrected chi connectivity index (χ1v) is 7.77. The normalized spacial score (nSPS) is 14.7. The second kappa shape index (κ2) is 6.77. The second-order valence-corrected chi connectivity index (χ2v) is 5.75. The van der Waals surface area contributed by atoms with Gasteiger partial charge in [0.15, 0.2) is 0 Å². The van der Waals surface area contributed by atoms with Gasteiger partial charge in [-0.25, -0.2) is 0 Å². The molecule has 1 heterocycles. The minimum Gasteiger partial charge on any atom is -0.497 e. The van der Waals surface area contributed by atoms with E-state index in [1.807, 2.05) is 0 Å². The third-order valence-electron chi connectivity index (χ3n) is 4.29. The molecule has 0 fully saturated rings. The molecule has 2 nitrogen and oxygen atoms in total. The molecule has 0 saturated heterocycles. The summed E-state index contributed by atoms with van der Waals surface area (Å²) in [5.74, 6) is 0.972. The molecule has 0 saturated carbocycles.